The Hall–Kier alpha value is -2.14. The number of methoxy groups -OCH3 is 2. The number of aromatic nitrogens is 2. The molecule has 1 aromatic heterocycles. The van der Waals surface area contributed by atoms with Crippen LogP contribution in [0.25, 0.3) is 0 Å². The van der Waals surface area contributed by atoms with E-state index in [1.54, 1.807) is 14.2 Å². The zero-order valence-corrected chi connectivity index (χ0v) is 11.1. The number of hydrogen-bond donors (Lipinski definition) is 1. The topological polar surface area (TPSA) is 56.3 Å². The van der Waals surface area contributed by atoms with Crippen molar-refractivity contribution in [3.8, 4) is 11.8 Å². The molecule has 1 heterocycles. The molecule has 0 atom stereocenters. The second kappa shape index (κ2) is 6.70. The summed E-state index contributed by atoms with van der Waals surface area (Å²) in [4.78, 5) is 8.16. The summed E-state index contributed by atoms with van der Waals surface area (Å²) >= 11 is 0. The lowest BCUT2D eigenvalue weighted by Crippen LogP contribution is -2.15. The molecule has 0 aliphatic rings. The summed E-state index contributed by atoms with van der Waals surface area (Å²) in [7, 11) is 3.17. The Morgan fingerprint density at radius 3 is 2.16 bits per heavy atom. The first-order chi connectivity index (χ1) is 9.35. The molecule has 0 saturated carbocycles. The van der Waals surface area contributed by atoms with Gasteiger partial charge in [0.25, 0.3) is 0 Å². The van der Waals surface area contributed by atoms with Crippen LogP contribution in [0, 0.1) is 0 Å². The lowest BCUT2D eigenvalue weighted by Gasteiger charge is -2.11. The Balaban J connectivity index is 2.02. The third-order valence-corrected chi connectivity index (χ3v) is 2.73. The Labute approximate surface area is 112 Å². The molecule has 0 amide bonds. The third kappa shape index (κ3) is 3.42. The first-order valence-electron chi connectivity index (χ1n) is 6.01. The van der Waals surface area contributed by atoms with E-state index in [0.29, 0.717) is 18.3 Å². The molecular weight excluding hydrogens is 242 g/mol. The van der Waals surface area contributed by atoms with Crippen molar-refractivity contribution in [1.82, 2.24) is 15.3 Å². The summed E-state index contributed by atoms with van der Waals surface area (Å²) in [5.41, 5.74) is 2.04. The average Bonchev–Trinajstić information content (AvgIpc) is 2.48. The van der Waals surface area contributed by atoms with E-state index >= 15 is 0 Å². The Morgan fingerprint density at radius 2 is 1.58 bits per heavy atom. The Morgan fingerprint density at radius 1 is 0.947 bits per heavy atom. The lowest BCUT2D eigenvalue weighted by molar-refractivity contribution is 0.359. The zero-order chi connectivity index (χ0) is 13.5. The summed E-state index contributed by atoms with van der Waals surface area (Å²) in [6.45, 7) is 1.35. The van der Waals surface area contributed by atoms with Gasteiger partial charge in [-0.2, -0.15) is 0 Å². The number of hydrogen-bond acceptors (Lipinski definition) is 5. The van der Waals surface area contributed by atoms with Crippen molar-refractivity contribution in [2.75, 3.05) is 14.2 Å². The second-order valence-corrected chi connectivity index (χ2v) is 3.96. The van der Waals surface area contributed by atoms with Crippen LogP contribution in [-0.4, -0.2) is 24.2 Å². The molecule has 1 aromatic carbocycles. The highest BCUT2D eigenvalue weighted by Gasteiger charge is 2.11. The first-order valence-corrected chi connectivity index (χ1v) is 6.01. The number of nitrogens with one attached hydrogen (secondary N) is 1. The van der Waals surface area contributed by atoms with Gasteiger partial charge in [0.15, 0.2) is 0 Å². The third-order valence-electron chi connectivity index (χ3n) is 2.73. The fraction of sp³-hybridized carbons (Fsp3) is 0.286. The summed E-state index contributed by atoms with van der Waals surface area (Å²) in [6.07, 6.45) is 1.43. The normalized spacial score (nSPS) is 10.2. The van der Waals surface area contributed by atoms with Crippen molar-refractivity contribution in [3.63, 3.8) is 0 Å². The molecular formula is C14H17N3O2. The lowest BCUT2D eigenvalue weighted by atomic mass is 10.2. The van der Waals surface area contributed by atoms with Crippen LogP contribution in [-0.2, 0) is 13.1 Å². The van der Waals surface area contributed by atoms with Gasteiger partial charge in [-0.1, -0.05) is 30.3 Å². The van der Waals surface area contributed by atoms with E-state index in [9.17, 15) is 0 Å². The highest BCUT2D eigenvalue weighted by Crippen LogP contribution is 2.22. The maximum Gasteiger partial charge on any atom is 0.224 e. The predicted octanol–water partition coefficient (Wildman–Crippen LogP) is 1.78. The summed E-state index contributed by atoms with van der Waals surface area (Å²) in [6, 6.07) is 10.2. The van der Waals surface area contributed by atoms with Crippen molar-refractivity contribution in [2.24, 2.45) is 0 Å². The molecule has 0 unspecified atom stereocenters. The van der Waals surface area contributed by atoms with E-state index in [2.05, 4.69) is 27.4 Å². The molecule has 5 nitrogen and oxygen atoms in total. The van der Waals surface area contributed by atoms with Crippen LogP contribution in [0.1, 0.15) is 11.1 Å². The maximum atomic E-state index is 5.22. The quantitative estimate of drug-likeness (QED) is 0.857. The maximum absolute atomic E-state index is 5.22. The van der Waals surface area contributed by atoms with Gasteiger partial charge in [0, 0.05) is 13.1 Å². The van der Waals surface area contributed by atoms with Gasteiger partial charge in [-0.05, 0) is 5.56 Å². The van der Waals surface area contributed by atoms with Gasteiger partial charge in [-0.15, -0.1) is 0 Å². The van der Waals surface area contributed by atoms with Crippen molar-refractivity contribution >= 4 is 0 Å². The molecule has 0 bridgehead atoms. The molecule has 0 aliphatic carbocycles. The predicted molar refractivity (Wildman–Crippen MR) is 72.1 cm³/mol. The first kappa shape index (κ1) is 13.3. The van der Waals surface area contributed by atoms with Crippen LogP contribution >= 0.6 is 0 Å². The SMILES string of the molecule is COc1ncnc(OC)c1CNCc1ccccc1. The summed E-state index contributed by atoms with van der Waals surface area (Å²) < 4.78 is 10.4. The minimum atomic E-state index is 0.535. The van der Waals surface area contributed by atoms with Crippen LogP contribution in [0.5, 0.6) is 11.8 Å². The number of rotatable bonds is 6. The number of benzene rings is 1. The molecule has 100 valence electrons. The van der Waals surface area contributed by atoms with Crippen molar-refractivity contribution in [2.45, 2.75) is 13.1 Å². The minimum Gasteiger partial charge on any atom is -0.481 e. The number of ether oxygens (including phenoxy) is 2. The van der Waals surface area contributed by atoms with Crippen LogP contribution in [0.15, 0.2) is 36.7 Å². The van der Waals surface area contributed by atoms with Crippen molar-refractivity contribution in [1.29, 1.82) is 0 Å². The summed E-state index contributed by atoms with van der Waals surface area (Å²) in [5, 5.41) is 3.33. The van der Waals surface area contributed by atoms with Gasteiger partial charge < -0.3 is 14.8 Å². The minimum absolute atomic E-state index is 0.535. The fourth-order valence-electron chi connectivity index (χ4n) is 1.81. The molecule has 19 heavy (non-hydrogen) atoms. The van der Waals surface area contributed by atoms with Crippen LogP contribution < -0.4 is 14.8 Å². The average molecular weight is 259 g/mol. The van der Waals surface area contributed by atoms with Gasteiger partial charge in [0.2, 0.25) is 11.8 Å². The Bertz CT molecular complexity index is 495. The van der Waals surface area contributed by atoms with Crippen molar-refractivity contribution < 1.29 is 9.47 Å². The van der Waals surface area contributed by atoms with Crippen LogP contribution in [0.3, 0.4) is 0 Å². The van der Waals surface area contributed by atoms with E-state index < -0.39 is 0 Å². The monoisotopic (exact) mass is 259 g/mol. The van der Waals surface area contributed by atoms with Gasteiger partial charge in [-0.3, -0.25) is 0 Å². The smallest absolute Gasteiger partial charge is 0.224 e. The largest absolute Gasteiger partial charge is 0.481 e. The van der Waals surface area contributed by atoms with E-state index in [1.807, 2.05) is 18.2 Å². The van der Waals surface area contributed by atoms with Gasteiger partial charge in [0.05, 0.1) is 19.8 Å². The number of nitrogens with zero attached hydrogens (tertiary/aromatic N) is 2. The Kier molecular flexibility index (Phi) is 4.69. The molecule has 2 rings (SSSR count). The van der Waals surface area contributed by atoms with Crippen LogP contribution in [0.4, 0.5) is 0 Å². The van der Waals surface area contributed by atoms with Gasteiger partial charge in [0.1, 0.15) is 6.33 Å². The molecule has 1 N–H and O–H groups in total. The van der Waals surface area contributed by atoms with E-state index in [1.165, 1.54) is 11.9 Å². The molecule has 0 fully saturated rings. The highest BCUT2D eigenvalue weighted by atomic mass is 16.5. The van der Waals surface area contributed by atoms with Gasteiger partial charge >= 0.3 is 0 Å². The van der Waals surface area contributed by atoms with Crippen molar-refractivity contribution in [3.05, 3.63) is 47.8 Å². The second-order valence-electron chi connectivity index (χ2n) is 3.96. The van der Waals surface area contributed by atoms with E-state index in [0.717, 1.165) is 12.1 Å². The molecule has 2 aromatic rings. The standard InChI is InChI=1S/C14H17N3O2/c1-18-13-12(14(19-2)17-10-16-13)9-15-8-11-6-4-3-5-7-11/h3-7,10,15H,8-9H2,1-2H3. The molecule has 0 saturated heterocycles. The summed E-state index contributed by atoms with van der Waals surface area (Å²) in [5.74, 6) is 1.07. The van der Waals surface area contributed by atoms with Crippen LogP contribution in [0.2, 0.25) is 0 Å². The molecule has 0 aliphatic heterocycles. The molecule has 0 radical (unpaired) electrons. The highest BCUT2D eigenvalue weighted by molar-refractivity contribution is 5.34. The van der Waals surface area contributed by atoms with Gasteiger partial charge in [-0.25, -0.2) is 9.97 Å². The fourth-order valence-corrected chi connectivity index (χ4v) is 1.81. The van der Waals surface area contributed by atoms with E-state index in [4.69, 9.17) is 9.47 Å². The van der Waals surface area contributed by atoms with E-state index in [-0.39, 0.29) is 0 Å². The molecule has 0 spiro atoms. The zero-order valence-electron chi connectivity index (χ0n) is 11.1. The molecule has 5 heteroatoms.